The Kier molecular flexibility index (Phi) is 5.00. The summed E-state index contributed by atoms with van der Waals surface area (Å²) in [4.78, 5) is 16.3. The SMILES string of the molecule is [2H]C#Cc1c(F)ccc2cc(O)cc(-c3ncc4c(N5CC6CCC5CN6)nc(OC([2H])([2H])[C@@]56CCC([2H])([2H])N5C[C@]([2H])(F)C6)nc4c3F)c12. The minimum absolute atomic E-state index is 0.0285. The molecule has 8 nitrogen and oxygen atoms in total. The first-order valence-corrected chi connectivity index (χ1v) is 14.5. The van der Waals surface area contributed by atoms with Crippen molar-refractivity contribution in [3.05, 3.63) is 47.7 Å². The van der Waals surface area contributed by atoms with Gasteiger partial charge in [0.05, 0.1) is 20.6 Å². The average Bonchev–Trinajstić information content (AvgIpc) is 3.51. The number of hydrogen-bond acceptors (Lipinski definition) is 8. The zero-order valence-corrected chi connectivity index (χ0v) is 23.4. The zero-order valence-electron chi connectivity index (χ0n) is 29.4. The summed E-state index contributed by atoms with van der Waals surface area (Å²) in [5.74, 6) is 0.593. The minimum atomic E-state index is -2.83. The number of nitrogens with zero attached hydrogens (tertiary/aromatic N) is 5. The third-order valence-corrected chi connectivity index (χ3v) is 9.20. The Morgan fingerprint density at radius 1 is 1.30 bits per heavy atom. The Labute approximate surface area is 260 Å². The molecule has 44 heavy (non-hydrogen) atoms. The van der Waals surface area contributed by atoms with E-state index in [-0.39, 0.29) is 69.6 Å². The maximum atomic E-state index is 17.0. The van der Waals surface area contributed by atoms with Crippen LogP contribution in [-0.4, -0.2) is 81.4 Å². The predicted octanol–water partition coefficient (Wildman–Crippen LogP) is 4.71. The molecule has 2 bridgehead atoms. The average molecular weight is 607 g/mol. The molecular formula is C33H31F3N6O2. The van der Waals surface area contributed by atoms with E-state index in [4.69, 9.17) is 13.0 Å². The van der Waals surface area contributed by atoms with Gasteiger partial charge < -0.3 is 20.1 Å². The number of piperazine rings is 1. The van der Waals surface area contributed by atoms with Crippen molar-refractivity contribution in [1.29, 1.82) is 0 Å². The molecular weight excluding hydrogens is 569 g/mol. The first-order valence-electron chi connectivity index (χ1n) is 17.5. The van der Waals surface area contributed by atoms with Crippen LogP contribution in [0.15, 0.2) is 30.5 Å². The predicted molar refractivity (Wildman–Crippen MR) is 160 cm³/mol. The topological polar surface area (TPSA) is 86.6 Å². The van der Waals surface area contributed by atoms with Gasteiger partial charge in [0.25, 0.3) is 0 Å². The van der Waals surface area contributed by atoms with E-state index in [9.17, 15) is 5.11 Å². The second-order valence-corrected chi connectivity index (χ2v) is 11.8. The maximum absolute atomic E-state index is 17.0. The van der Waals surface area contributed by atoms with Gasteiger partial charge in [-0.05, 0) is 55.8 Å². The summed E-state index contributed by atoms with van der Waals surface area (Å²) in [5.41, 5.74) is -2.75. The number of halogens is 3. The summed E-state index contributed by atoms with van der Waals surface area (Å²) in [6.45, 7) is -4.46. The largest absolute Gasteiger partial charge is 0.508 e. The summed E-state index contributed by atoms with van der Waals surface area (Å²) in [6, 6.07) is 4.55. The molecule has 226 valence electrons. The van der Waals surface area contributed by atoms with Gasteiger partial charge in [-0.25, -0.2) is 13.2 Å². The van der Waals surface area contributed by atoms with Crippen LogP contribution in [0.3, 0.4) is 0 Å². The Morgan fingerprint density at radius 3 is 3.00 bits per heavy atom. The normalized spacial score (nSPS) is 31.4. The highest BCUT2D eigenvalue weighted by molar-refractivity contribution is 6.03. The van der Waals surface area contributed by atoms with Gasteiger partial charge in [0.2, 0.25) is 0 Å². The summed E-state index contributed by atoms with van der Waals surface area (Å²) < 4.78 is 103. The van der Waals surface area contributed by atoms with Crippen LogP contribution in [0, 0.1) is 24.0 Å². The van der Waals surface area contributed by atoms with Crippen molar-refractivity contribution in [2.45, 2.75) is 55.9 Å². The van der Waals surface area contributed by atoms with Crippen LogP contribution in [0.25, 0.3) is 32.9 Å². The molecule has 9 rings (SSSR count). The Balaban J connectivity index is 1.32. The van der Waals surface area contributed by atoms with Crippen molar-refractivity contribution >= 4 is 27.5 Å². The highest BCUT2D eigenvalue weighted by Crippen LogP contribution is 2.42. The van der Waals surface area contributed by atoms with E-state index in [0.29, 0.717) is 18.5 Å². The number of benzene rings is 2. The lowest BCUT2D eigenvalue weighted by molar-refractivity contribution is 0.107. The molecule has 2 N–H and O–H groups in total. The molecule has 2 aromatic carbocycles. The number of phenols is 1. The van der Waals surface area contributed by atoms with Crippen LogP contribution in [0.1, 0.15) is 45.9 Å². The lowest BCUT2D eigenvalue weighted by atomic mass is 9.92. The highest BCUT2D eigenvalue weighted by Gasteiger charge is 2.49. The lowest BCUT2D eigenvalue weighted by Gasteiger charge is -2.46. The van der Waals surface area contributed by atoms with Crippen LogP contribution >= 0.6 is 0 Å². The third-order valence-electron chi connectivity index (χ3n) is 9.20. The zero-order chi connectivity index (χ0) is 35.4. The van der Waals surface area contributed by atoms with Gasteiger partial charge in [0.15, 0.2) is 5.82 Å². The number of hydrogen-bond donors (Lipinski definition) is 2. The molecule has 0 aliphatic carbocycles. The summed E-state index contributed by atoms with van der Waals surface area (Å²) >= 11 is 0. The van der Waals surface area contributed by atoms with Crippen molar-refractivity contribution in [3.63, 3.8) is 0 Å². The van der Waals surface area contributed by atoms with Gasteiger partial charge >= 0.3 is 6.01 Å². The van der Waals surface area contributed by atoms with Crippen LogP contribution < -0.4 is 15.0 Å². The van der Waals surface area contributed by atoms with E-state index in [1.165, 1.54) is 24.4 Å². The van der Waals surface area contributed by atoms with Crippen molar-refractivity contribution in [2.24, 2.45) is 0 Å². The Hall–Kier alpha value is -4.14. The Bertz CT molecular complexity index is 2140. The van der Waals surface area contributed by atoms with Crippen LogP contribution in [0.4, 0.5) is 19.0 Å². The monoisotopic (exact) mass is 606 g/mol. The molecule has 4 atom stereocenters. The van der Waals surface area contributed by atoms with E-state index in [2.05, 4.69) is 26.2 Å². The third kappa shape index (κ3) is 4.26. The number of aromatic nitrogens is 3. The number of ether oxygens (including phenoxy) is 1. The van der Waals surface area contributed by atoms with Gasteiger partial charge in [0.1, 0.15) is 42.7 Å². The number of aromatic hydroxyl groups is 1. The number of nitrogens with one attached hydrogen (secondary N) is 1. The van der Waals surface area contributed by atoms with Crippen molar-refractivity contribution in [2.75, 3.05) is 37.6 Å². The smallest absolute Gasteiger partial charge is 0.319 e. The van der Waals surface area contributed by atoms with Crippen molar-refractivity contribution < 1.29 is 31.2 Å². The first-order chi connectivity index (χ1) is 23.6. The number of rotatable bonds is 5. The molecule has 11 heteroatoms. The fourth-order valence-corrected chi connectivity index (χ4v) is 7.08. The molecule has 5 aliphatic heterocycles. The molecule has 0 radical (unpaired) electrons. The van der Waals surface area contributed by atoms with Crippen LogP contribution in [-0.2, 0) is 0 Å². The first kappa shape index (κ1) is 21.5. The standard InChI is InChI=1S/C33H31F3N6O2/c1-2-23-26(35)7-4-18-10-22(43)11-24(27(18)23)29-28(36)30-25(14-38-29)31(42-16-20-5-6-21(42)13-37-20)40-32(39-30)44-17-33-8-3-9-41(33)15-19(34)12-33/h1,4,7,10-11,14,19-21,37,43H,3,5-6,8-9,12-13,15-17H2/t19-,20?,21?,33+/m1/s1/i1D,9D2,17D2,19D. The molecule has 5 saturated heterocycles. The number of alkyl halides is 1. The molecule has 0 spiro atoms. The molecule has 5 aliphatic rings. The number of phenolic OH excluding ortho intramolecular Hbond substituents is 1. The Morgan fingerprint density at radius 2 is 2.20 bits per heavy atom. The van der Waals surface area contributed by atoms with Crippen LogP contribution in [0.5, 0.6) is 11.8 Å². The van der Waals surface area contributed by atoms with Crippen LogP contribution in [0.2, 0.25) is 0 Å². The minimum Gasteiger partial charge on any atom is -0.508 e. The molecule has 2 unspecified atom stereocenters. The summed E-state index contributed by atoms with van der Waals surface area (Å²) in [5, 5.41) is 14.6. The maximum Gasteiger partial charge on any atom is 0.319 e. The molecule has 0 saturated carbocycles. The quantitative estimate of drug-likeness (QED) is 0.316. The lowest BCUT2D eigenvalue weighted by Crippen LogP contribution is -2.61. The van der Waals surface area contributed by atoms with E-state index < -0.39 is 55.4 Å². The number of terminal acetylenes is 1. The molecule has 7 heterocycles. The van der Waals surface area contributed by atoms with Gasteiger partial charge in [-0.15, -0.1) is 6.40 Å². The molecule has 5 fully saturated rings. The molecule has 2 aromatic heterocycles. The second kappa shape index (κ2) is 10.2. The molecule has 0 amide bonds. The van der Waals surface area contributed by atoms with Crippen molar-refractivity contribution in [1.82, 2.24) is 25.2 Å². The summed E-state index contributed by atoms with van der Waals surface area (Å²) in [6.07, 6.45) is 1.43. The number of fused-ring (bicyclic) bond motifs is 6. The summed E-state index contributed by atoms with van der Waals surface area (Å²) in [7, 11) is 0. The fourth-order valence-electron chi connectivity index (χ4n) is 7.08. The second-order valence-electron chi connectivity index (χ2n) is 11.8. The van der Waals surface area contributed by atoms with Crippen molar-refractivity contribution in [3.8, 4) is 35.3 Å². The van der Waals surface area contributed by atoms with E-state index in [1.54, 1.807) is 0 Å². The van der Waals surface area contributed by atoms with Gasteiger partial charge in [-0.3, -0.25) is 9.88 Å². The van der Waals surface area contributed by atoms with Gasteiger partial charge in [-0.1, -0.05) is 12.0 Å². The fraction of sp³-hybridized carbons (Fsp3) is 0.424. The number of anilines is 1. The highest BCUT2D eigenvalue weighted by atomic mass is 19.1. The van der Waals surface area contributed by atoms with E-state index in [1.807, 2.05) is 11.3 Å². The number of piperidine rings is 2. The number of pyridine rings is 1. The van der Waals surface area contributed by atoms with E-state index in [0.717, 1.165) is 23.8 Å². The van der Waals surface area contributed by atoms with Gasteiger partial charge in [-0.2, -0.15) is 9.97 Å². The van der Waals surface area contributed by atoms with E-state index >= 15 is 13.2 Å². The molecule has 4 aromatic rings. The van der Waals surface area contributed by atoms with Gasteiger partial charge in [0, 0.05) is 58.0 Å².